The number of nitrogens with zero attached hydrogens (tertiary/aromatic N) is 3. The maximum absolute atomic E-state index is 10.1. The SMILES string of the molecule is CCC12OC(=N)C(C#N)(C1C)C(C#N)(C#N)C(c1ccc(C(C)C)cc1)O2. The summed E-state index contributed by atoms with van der Waals surface area (Å²) >= 11 is 0. The molecule has 1 N–H and O–H groups in total. The second kappa shape index (κ2) is 6.08. The number of hydrogen-bond acceptors (Lipinski definition) is 6. The molecule has 2 bridgehead atoms. The highest BCUT2D eigenvalue weighted by Gasteiger charge is 2.78. The Balaban J connectivity index is 2.26. The summed E-state index contributed by atoms with van der Waals surface area (Å²) in [6.07, 6.45) is -0.597. The Hall–Kier alpha value is -2.88. The van der Waals surface area contributed by atoms with Gasteiger partial charge in [0.25, 0.3) is 0 Å². The summed E-state index contributed by atoms with van der Waals surface area (Å²) in [6.45, 7) is 7.72. The molecule has 2 aliphatic heterocycles. The lowest BCUT2D eigenvalue weighted by Crippen LogP contribution is -2.58. The van der Waals surface area contributed by atoms with Gasteiger partial charge in [0.2, 0.25) is 17.1 Å². The van der Waals surface area contributed by atoms with Crippen molar-refractivity contribution in [2.45, 2.75) is 51.9 Å². The van der Waals surface area contributed by atoms with E-state index in [0.717, 1.165) is 5.56 Å². The first kappa shape index (κ1) is 18.9. The molecule has 2 fully saturated rings. The molecule has 1 aromatic rings. The Morgan fingerprint density at radius 3 is 2.15 bits per heavy atom. The van der Waals surface area contributed by atoms with Gasteiger partial charge in [-0.05, 0) is 17.0 Å². The number of nitriles is 3. The van der Waals surface area contributed by atoms with E-state index in [0.29, 0.717) is 17.9 Å². The normalized spacial score (nSPS) is 33.6. The van der Waals surface area contributed by atoms with Gasteiger partial charge in [-0.2, -0.15) is 15.8 Å². The molecule has 138 valence electrons. The van der Waals surface area contributed by atoms with Crippen LogP contribution in [0.4, 0.5) is 0 Å². The van der Waals surface area contributed by atoms with Crippen LogP contribution in [0.5, 0.6) is 0 Å². The molecule has 2 aliphatic rings. The van der Waals surface area contributed by atoms with Crippen LogP contribution in [0.2, 0.25) is 0 Å². The highest BCUT2D eigenvalue weighted by Crippen LogP contribution is 2.66. The van der Waals surface area contributed by atoms with E-state index in [9.17, 15) is 15.8 Å². The molecular formula is C21H22N4O2. The van der Waals surface area contributed by atoms with Crippen molar-refractivity contribution in [3.05, 3.63) is 35.4 Å². The van der Waals surface area contributed by atoms with Gasteiger partial charge in [-0.15, -0.1) is 0 Å². The van der Waals surface area contributed by atoms with Crippen LogP contribution in [-0.2, 0) is 9.47 Å². The summed E-state index contributed by atoms with van der Waals surface area (Å²) in [6, 6.07) is 13.7. The van der Waals surface area contributed by atoms with Crippen LogP contribution in [-0.4, -0.2) is 11.7 Å². The van der Waals surface area contributed by atoms with Crippen LogP contribution in [0.3, 0.4) is 0 Å². The predicted molar refractivity (Wildman–Crippen MR) is 97.1 cm³/mol. The van der Waals surface area contributed by atoms with Gasteiger partial charge in [0.15, 0.2) is 5.41 Å². The Bertz CT molecular complexity index is 888. The van der Waals surface area contributed by atoms with E-state index >= 15 is 0 Å². The molecule has 0 saturated carbocycles. The summed E-state index contributed by atoms with van der Waals surface area (Å²) in [7, 11) is 0. The number of rotatable bonds is 3. The lowest BCUT2D eigenvalue weighted by Gasteiger charge is -2.48. The summed E-state index contributed by atoms with van der Waals surface area (Å²) in [4.78, 5) is 0. The highest BCUT2D eigenvalue weighted by atomic mass is 16.7. The molecular weight excluding hydrogens is 340 g/mol. The van der Waals surface area contributed by atoms with Crippen LogP contribution in [0, 0.1) is 56.2 Å². The fourth-order valence-electron chi connectivity index (χ4n) is 4.40. The smallest absolute Gasteiger partial charge is 0.217 e. The van der Waals surface area contributed by atoms with Gasteiger partial charge in [-0.1, -0.05) is 52.0 Å². The van der Waals surface area contributed by atoms with E-state index in [1.54, 1.807) is 6.92 Å². The Labute approximate surface area is 159 Å². The summed E-state index contributed by atoms with van der Waals surface area (Å²) in [5, 5.41) is 38.6. The molecule has 0 radical (unpaired) electrons. The second-order valence-electron chi connectivity index (χ2n) is 7.59. The quantitative estimate of drug-likeness (QED) is 0.866. The molecule has 4 unspecified atom stereocenters. The molecule has 6 nitrogen and oxygen atoms in total. The summed E-state index contributed by atoms with van der Waals surface area (Å²) < 4.78 is 12.0. The van der Waals surface area contributed by atoms with Crippen LogP contribution >= 0.6 is 0 Å². The van der Waals surface area contributed by atoms with Crippen molar-refractivity contribution in [1.29, 1.82) is 21.2 Å². The molecule has 0 amide bonds. The zero-order chi connectivity index (χ0) is 20.0. The maximum atomic E-state index is 10.1. The van der Waals surface area contributed by atoms with E-state index in [4.69, 9.17) is 14.9 Å². The molecule has 0 spiro atoms. The molecule has 3 rings (SSSR count). The standard InChI is InChI=1S/C21H22N4O2/c1-5-21-14(4)20(12-24,18(25)27-21)19(10-22,11-23)17(26-21)16-8-6-15(7-9-16)13(2)3/h6-9,13-14,17,25H,5H2,1-4H3. The molecule has 6 heteroatoms. The van der Waals surface area contributed by atoms with E-state index < -0.39 is 28.6 Å². The molecule has 0 aliphatic carbocycles. The Kier molecular flexibility index (Phi) is 4.26. The first-order chi connectivity index (χ1) is 12.8. The largest absolute Gasteiger partial charge is 0.447 e. The third-order valence-electron chi connectivity index (χ3n) is 6.20. The van der Waals surface area contributed by atoms with Crippen molar-refractivity contribution >= 4 is 5.90 Å². The number of hydrogen-bond donors (Lipinski definition) is 1. The maximum Gasteiger partial charge on any atom is 0.217 e. The van der Waals surface area contributed by atoms with E-state index in [-0.39, 0.29) is 5.90 Å². The topological polar surface area (TPSA) is 114 Å². The number of benzene rings is 1. The first-order valence-electron chi connectivity index (χ1n) is 9.08. The molecule has 1 aromatic carbocycles. The third-order valence-corrected chi connectivity index (χ3v) is 6.20. The van der Waals surface area contributed by atoms with Crippen molar-refractivity contribution in [2.75, 3.05) is 0 Å². The predicted octanol–water partition coefficient (Wildman–Crippen LogP) is 4.17. The van der Waals surface area contributed by atoms with Crippen molar-refractivity contribution in [3.63, 3.8) is 0 Å². The Morgan fingerprint density at radius 2 is 1.70 bits per heavy atom. The molecule has 27 heavy (non-hydrogen) atoms. The van der Waals surface area contributed by atoms with Gasteiger partial charge in [0.1, 0.15) is 6.10 Å². The Morgan fingerprint density at radius 1 is 1.11 bits per heavy atom. The zero-order valence-corrected chi connectivity index (χ0v) is 15.9. The van der Waals surface area contributed by atoms with Crippen LogP contribution in [0.25, 0.3) is 0 Å². The van der Waals surface area contributed by atoms with E-state index in [1.807, 2.05) is 43.3 Å². The third kappa shape index (κ3) is 2.10. The number of fused-ring (bicyclic) bond motifs is 2. The van der Waals surface area contributed by atoms with Crippen molar-refractivity contribution in [2.24, 2.45) is 16.7 Å². The van der Waals surface area contributed by atoms with Crippen molar-refractivity contribution < 1.29 is 9.47 Å². The zero-order valence-electron chi connectivity index (χ0n) is 15.9. The number of ether oxygens (including phenoxy) is 2. The first-order valence-corrected chi connectivity index (χ1v) is 9.08. The van der Waals surface area contributed by atoms with Gasteiger partial charge < -0.3 is 9.47 Å². The van der Waals surface area contributed by atoms with Gasteiger partial charge >= 0.3 is 0 Å². The van der Waals surface area contributed by atoms with Crippen LogP contribution < -0.4 is 0 Å². The number of nitrogens with one attached hydrogen (secondary N) is 1. The summed E-state index contributed by atoms with van der Waals surface area (Å²) in [5.74, 6) is -1.85. The fourth-order valence-corrected chi connectivity index (χ4v) is 4.40. The second-order valence-corrected chi connectivity index (χ2v) is 7.59. The average molecular weight is 362 g/mol. The molecule has 2 saturated heterocycles. The van der Waals surface area contributed by atoms with Gasteiger partial charge in [0.05, 0.1) is 24.1 Å². The van der Waals surface area contributed by atoms with Gasteiger partial charge in [-0.3, -0.25) is 5.41 Å². The fraction of sp³-hybridized carbons (Fsp3) is 0.524. The lowest BCUT2D eigenvalue weighted by atomic mass is 9.53. The monoisotopic (exact) mass is 362 g/mol. The van der Waals surface area contributed by atoms with E-state index in [2.05, 4.69) is 19.9 Å². The minimum absolute atomic E-state index is 0.336. The lowest BCUT2D eigenvalue weighted by molar-refractivity contribution is -0.280. The van der Waals surface area contributed by atoms with Gasteiger partial charge in [0, 0.05) is 6.42 Å². The van der Waals surface area contributed by atoms with Crippen LogP contribution in [0.15, 0.2) is 24.3 Å². The minimum atomic E-state index is -1.88. The van der Waals surface area contributed by atoms with Crippen molar-refractivity contribution in [3.8, 4) is 18.2 Å². The molecule has 0 aromatic heterocycles. The minimum Gasteiger partial charge on any atom is -0.447 e. The van der Waals surface area contributed by atoms with Gasteiger partial charge in [-0.25, -0.2) is 0 Å². The van der Waals surface area contributed by atoms with E-state index in [1.165, 1.54) is 0 Å². The molecule has 2 heterocycles. The highest BCUT2D eigenvalue weighted by molar-refractivity contribution is 5.89. The van der Waals surface area contributed by atoms with Crippen molar-refractivity contribution in [1.82, 2.24) is 0 Å². The summed E-state index contributed by atoms with van der Waals surface area (Å²) in [5.41, 5.74) is -1.82. The van der Waals surface area contributed by atoms with Crippen LogP contribution in [0.1, 0.15) is 57.3 Å². The average Bonchev–Trinajstić information content (AvgIpc) is 2.84. The molecule has 4 atom stereocenters.